The smallest absolute Gasteiger partial charge is 0.189 e. The first-order valence-corrected chi connectivity index (χ1v) is 6.68. The fraction of sp³-hybridized carbons (Fsp3) is 0.667. The van der Waals surface area contributed by atoms with Gasteiger partial charge in [-0.1, -0.05) is 13.8 Å². The third kappa shape index (κ3) is 5.17. The van der Waals surface area contributed by atoms with Crippen LogP contribution in [-0.4, -0.2) is 16.5 Å². The predicted molar refractivity (Wildman–Crippen MR) is 74.4 cm³/mol. The van der Waals surface area contributed by atoms with Crippen LogP contribution in [0.2, 0.25) is 0 Å². The van der Waals surface area contributed by atoms with Crippen LogP contribution in [0, 0.1) is 0 Å². The molecule has 4 nitrogen and oxygen atoms in total. The summed E-state index contributed by atoms with van der Waals surface area (Å²) in [5, 5.41) is 6.32. The van der Waals surface area contributed by atoms with Gasteiger partial charge in [0.15, 0.2) is 5.96 Å². The topological polar surface area (TPSA) is 63.3 Å². The molecule has 0 amide bonds. The van der Waals surface area contributed by atoms with Crippen LogP contribution in [0.15, 0.2) is 10.4 Å². The maximum absolute atomic E-state index is 5.79. The Balaban J connectivity index is 2.57. The first-order valence-electron chi connectivity index (χ1n) is 5.80. The standard InChI is InChI=1S/C12H22N4S/c1-8(2)10-15-9(7-17-10)6-14-11(13)16-12(3,4)5/h7-8H,6H2,1-5H3,(H3,13,14,16). The van der Waals surface area contributed by atoms with E-state index in [0.717, 1.165) is 10.7 Å². The van der Waals surface area contributed by atoms with Crippen molar-refractivity contribution in [3.8, 4) is 0 Å². The van der Waals surface area contributed by atoms with Crippen molar-refractivity contribution in [2.75, 3.05) is 0 Å². The van der Waals surface area contributed by atoms with E-state index in [1.807, 2.05) is 5.38 Å². The van der Waals surface area contributed by atoms with Crippen LogP contribution in [0.1, 0.15) is 51.2 Å². The lowest BCUT2D eigenvalue weighted by molar-refractivity contribution is 0.508. The van der Waals surface area contributed by atoms with Gasteiger partial charge in [-0.15, -0.1) is 11.3 Å². The number of nitrogens with zero attached hydrogens (tertiary/aromatic N) is 2. The molecule has 0 radical (unpaired) electrons. The molecular weight excluding hydrogens is 232 g/mol. The van der Waals surface area contributed by atoms with Gasteiger partial charge in [-0.2, -0.15) is 0 Å². The van der Waals surface area contributed by atoms with Crippen LogP contribution < -0.4 is 11.1 Å². The SMILES string of the molecule is CC(C)c1nc(CN=C(N)NC(C)(C)C)cs1. The van der Waals surface area contributed by atoms with Crippen molar-refractivity contribution < 1.29 is 0 Å². The first kappa shape index (κ1) is 14.0. The van der Waals surface area contributed by atoms with Crippen molar-refractivity contribution in [2.24, 2.45) is 10.7 Å². The summed E-state index contributed by atoms with van der Waals surface area (Å²) < 4.78 is 0. The van der Waals surface area contributed by atoms with Crippen LogP contribution >= 0.6 is 11.3 Å². The van der Waals surface area contributed by atoms with Gasteiger partial charge in [0, 0.05) is 16.8 Å². The highest BCUT2D eigenvalue weighted by Crippen LogP contribution is 2.19. The van der Waals surface area contributed by atoms with E-state index < -0.39 is 0 Å². The Hall–Kier alpha value is -1.10. The second kappa shape index (κ2) is 5.49. The Labute approximate surface area is 107 Å². The van der Waals surface area contributed by atoms with Crippen LogP contribution in [0.25, 0.3) is 0 Å². The van der Waals surface area contributed by atoms with E-state index in [0.29, 0.717) is 18.4 Å². The van der Waals surface area contributed by atoms with E-state index in [4.69, 9.17) is 5.73 Å². The number of hydrogen-bond acceptors (Lipinski definition) is 3. The molecule has 0 fully saturated rings. The quantitative estimate of drug-likeness (QED) is 0.643. The number of aromatic nitrogens is 1. The number of thiazole rings is 1. The molecule has 1 aromatic rings. The third-order valence-corrected chi connectivity index (χ3v) is 3.17. The first-order chi connectivity index (χ1) is 7.78. The van der Waals surface area contributed by atoms with E-state index >= 15 is 0 Å². The van der Waals surface area contributed by atoms with E-state index in [1.165, 1.54) is 0 Å². The van der Waals surface area contributed by atoms with Gasteiger partial charge in [-0.25, -0.2) is 9.98 Å². The maximum Gasteiger partial charge on any atom is 0.189 e. The summed E-state index contributed by atoms with van der Waals surface area (Å²) in [7, 11) is 0. The van der Waals surface area contributed by atoms with Crippen LogP contribution in [0.5, 0.6) is 0 Å². The van der Waals surface area contributed by atoms with E-state index in [1.54, 1.807) is 11.3 Å². The lowest BCUT2D eigenvalue weighted by atomic mass is 10.1. The van der Waals surface area contributed by atoms with Gasteiger partial charge >= 0.3 is 0 Å². The third-order valence-electron chi connectivity index (χ3n) is 1.98. The van der Waals surface area contributed by atoms with Crippen LogP contribution in [0.4, 0.5) is 0 Å². The van der Waals surface area contributed by atoms with Gasteiger partial charge in [0.25, 0.3) is 0 Å². The van der Waals surface area contributed by atoms with Crippen molar-refractivity contribution >= 4 is 17.3 Å². The fourth-order valence-electron chi connectivity index (χ4n) is 1.25. The van der Waals surface area contributed by atoms with Crippen molar-refractivity contribution in [3.05, 3.63) is 16.1 Å². The Kier molecular flexibility index (Phi) is 4.51. The zero-order valence-corrected chi connectivity index (χ0v) is 12.1. The Morgan fingerprint density at radius 2 is 2.18 bits per heavy atom. The maximum atomic E-state index is 5.79. The molecule has 0 bridgehead atoms. The lowest BCUT2D eigenvalue weighted by Gasteiger charge is -2.20. The minimum absolute atomic E-state index is 0.0568. The number of aliphatic imine (C=N–C) groups is 1. The minimum atomic E-state index is -0.0568. The van der Waals surface area contributed by atoms with Crippen LogP contribution in [-0.2, 0) is 6.54 Å². The largest absolute Gasteiger partial charge is 0.370 e. The molecule has 3 N–H and O–H groups in total. The number of nitrogens with one attached hydrogen (secondary N) is 1. The molecule has 5 heteroatoms. The Bertz CT molecular complexity index is 387. The summed E-state index contributed by atoms with van der Waals surface area (Å²) in [5.74, 6) is 0.944. The molecule has 17 heavy (non-hydrogen) atoms. The summed E-state index contributed by atoms with van der Waals surface area (Å²) >= 11 is 1.68. The lowest BCUT2D eigenvalue weighted by Crippen LogP contribution is -2.44. The second-order valence-electron chi connectivity index (χ2n) is 5.41. The molecule has 1 aromatic heterocycles. The van der Waals surface area contributed by atoms with Gasteiger partial charge < -0.3 is 11.1 Å². The number of nitrogens with two attached hydrogens (primary N) is 1. The molecular formula is C12H22N4S. The van der Waals surface area contributed by atoms with E-state index in [2.05, 4.69) is 49.9 Å². The van der Waals surface area contributed by atoms with Gasteiger partial charge in [-0.3, -0.25) is 0 Å². The molecule has 0 saturated heterocycles. The molecule has 96 valence electrons. The summed E-state index contributed by atoms with van der Waals surface area (Å²) in [6, 6.07) is 0. The van der Waals surface area contributed by atoms with E-state index in [9.17, 15) is 0 Å². The summed E-state index contributed by atoms with van der Waals surface area (Å²) in [4.78, 5) is 8.79. The average molecular weight is 254 g/mol. The molecule has 0 unspecified atom stereocenters. The molecule has 0 saturated carbocycles. The zero-order chi connectivity index (χ0) is 13.1. The molecule has 0 atom stereocenters. The summed E-state index contributed by atoms with van der Waals surface area (Å²) in [6.07, 6.45) is 0. The average Bonchev–Trinajstić information content (AvgIpc) is 2.60. The van der Waals surface area contributed by atoms with Gasteiger partial charge in [0.1, 0.15) is 0 Å². The molecule has 0 aliphatic carbocycles. The normalized spacial score (nSPS) is 13.2. The molecule has 1 heterocycles. The monoisotopic (exact) mass is 254 g/mol. The molecule has 0 spiro atoms. The number of guanidine groups is 1. The molecule has 0 aliphatic rings. The fourth-order valence-corrected chi connectivity index (χ4v) is 2.08. The minimum Gasteiger partial charge on any atom is -0.370 e. The van der Waals surface area contributed by atoms with Crippen molar-refractivity contribution in [1.29, 1.82) is 0 Å². The molecule has 0 aromatic carbocycles. The highest BCUT2D eigenvalue weighted by Gasteiger charge is 2.10. The highest BCUT2D eigenvalue weighted by molar-refractivity contribution is 7.09. The highest BCUT2D eigenvalue weighted by atomic mass is 32.1. The van der Waals surface area contributed by atoms with Gasteiger partial charge in [0.2, 0.25) is 0 Å². The van der Waals surface area contributed by atoms with Gasteiger partial charge in [-0.05, 0) is 20.8 Å². The second-order valence-corrected chi connectivity index (χ2v) is 6.30. The molecule has 1 rings (SSSR count). The van der Waals surface area contributed by atoms with Gasteiger partial charge in [0.05, 0.1) is 17.2 Å². The summed E-state index contributed by atoms with van der Waals surface area (Å²) in [6.45, 7) is 11.0. The Morgan fingerprint density at radius 3 is 2.65 bits per heavy atom. The van der Waals surface area contributed by atoms with Crippen LogP contribution in [0.3, 0.4) is 0 Å². The Morgan fingerprint density at radius 1 is 1.53 bits per heavy atom. The van der Waals surface area contributed by atoms with E-state index in [-0.39, 0.29) is 5.54 Å². The van der Waals surface area contributed by atoms with Crippen molar-refractivity contribution in [1.82, 2.24) is 10.3 Å². The van der Waals surface area contributed by atoms with Crippen molar-refractivity contribution in [3.63, 3.8) is 0 Å². The molecule has 0 aliphatic heterocycles. The number of hydrogen-bond donors (Lipinski definition) is 2. The van der Waals surface area contributed by atoms with Crippen molar-refractivity contribution in [2.45, 2.75) is 52.6 Å². The number of rotatable bonds is 3. The summed E-state index contributed by atoms with van der Waals surface area (Å²) in [5.41, 5.74) is 6.72. The predicted octanol–water partition coefficient (Wildman–Crippen LogP) is 2.47. The zero-order valence-electron chi connectivity index (χ0n) is 11.2.